The van der Waals surface area contributed by atoms with E-state index in [9.17, 15) is 18.4 Å². The number of carbonyl (C=O) groups is 2. The molecule has 2 N–H and O–H groups in total. The summed E-state index contributed by atoms with van der Waals surface area (Å²) in [6.07, 6.45) is 0. The molecule has 132 valence electrons. The molecule has 0 heterocycles. The fourth-order valence-electron chi connectivity index (χ4n) is 2.25. The molecule has 25 heavy (non-hydrogen) atoms. The van der Waals surface area contributed by atoms with Gasteiger partial charge < -0.3 is 5.32 Å². The number of rotatable bonds is 4. The van der Waals surface area contributed by atoms with Gasteiger partial charge in [-0.1, -0.05) is 35.5 Å². The average Bonchev–Trinajstić information content (AvgIpc) is 2.50. The van der Waals surface area contributed by atoms with Crippen LogP contribution in [0, 0.1) is 13.8 Å². The summed E-state index contributed by atoms with van der Waals surface area (Å²) in [5.74, 6) is -3.16. The highest BCUT2D eigenvalue weighted by atomic mass is 35.5. The molecule has 0 unspecified atom stereocenters. The Morgan fingerprint density at radius 3 is 2.28 bits per heavy atom. The highest BCUT2D eigenvalue weighted by Gasteiger charge is 2.16. The Bertz CT molecular complexity index is 792. The first-order valence-electron chi connectivity index (χ1n) is 7.21. The molecule has 0 aliphatic heterocycles. The number of imide groups is 1. The summed E-state index contributed by atoms with van der Waals surface area (Å²) < 4.78 is 24.9. The average molecular weight is 385 g/mol. The van der Waals surface area contributed by atoms with Gasteiger partial charge in [-0.15, -0.1) is 0 Å². The van der Waals surface area contributed by atoms with Crippen molar-refractivity contribution in [2.45, 2.75) is 24.5 Å². The van der Waals surface area contributed by atoms with Crippen LogP contribution in [-0.2, 0) is 0 Å². The van der Waals surface area contributed by atoms with Crippen molar-refractivity contribution in [1.29, 1.82) is 0 Å². The fourth-order valence-corrected chi connectivity index (χ4v) is 3.17. The van der Waals surface area contributed by atoms with E-state index >= 15 is 0 Å². The fraction of sp³-hybridized carbons (Fsp3) is 0.176. The van der Waals surface area contributed by atoms with Gasteiger partial charge in [-0.2, -0.15) is 8.78 Å². The lowest BCUT2D eigenvalue weighted by Crippen LogP contribution is -2.34. The van der Waals surface area contributed by atoms with Crippen LogP contribution in [0.25, 0.3) is 0 Å². The predicted molar refractivity (Wildman–Crippen MR) is 95.7 cm³/mol. The highest BCUT2D eigenvalue weighted by Crippen LogP contribution is 2.31. The van der Waals surface area contributed by atoms with Crippen molar-refractivity contribution in [3.8, 4) is 0 Å². The van der Waals surface area contributed by atoms with Crippen molar-refractivity contribution in [2.24, 2.45) is 0 Å². The first-order chi connectivity index (χ1) is 11.8. The maximum Gasteiger partial charge on any atom is 0.326 e. The lowest BCUT2D eigenvalue weighted by atomic mass is 10.1. The monoisotopic (exact) mass is 384 g/mol. The molecule has 0 bridgehead atoms. The van der Waals surface area contributed by atoms with Crippen molar-refractivity contribution < 1.29 is 18.4 Å². The summed E-state index contributed by atoms with van der Waals surface area (Å²) in [6, 6.07) is 8.72. The number of benzene rings is 2. The molecule has 8 heteroatoms. The third-order valence-corrected chi connectivity index (χ3v) is 4.33. The van der Waals surface area contributed by atoms with Gasteiger partial charge in [-0.25, -0.2) is 4.79 Å². The lowest BCUT2D eigenvalue weighted by molar-refractivity contribution is 0.0967. The highest BCUT2D eigenvalue weighted by molar-refractivity contribution is 7.99. The van der Waals surface area contributed by atoms with Crippen LogP contribution in [0.5, 0.6) is 0 Å². The molecule has 0 radical (unpaired) electrons. The van der Waals surface area contributed by atoms with E-state index in [1.165, 1.54) is 6.07 Å². The van der Waals surface area contributed by atoms with E-state index in [0.29, 0.717) is 33.5 Å². The van der Waals surface area contributed by atoms with Crippen molar-refractivity contribution in [2.75, 3.05) is 5.32 Å². The first-order valence-corrected chi connectivity index (χ1v) is 8.46. The van der Waals surface area contributed by atoms with Gasteiger partial charge in [0.2, 0.25) is 0 Å². The van der Waals surface area contributed by atoms with E-state index < -0.39 is 17.7 Å². The maximum absolute atomic E-state index is 12.5. The van der Waals surface area contributed by atoms with Gasteiger partial charge in [-0.05, 0) is 49.2 Å². The van der Waals surface area contributed by atoms with Gasteiger partial charge in [0.15, 0.2) is 0 Å². The van der Waals surface area contributed by atoms with Gasteiger partial charge in [0, 0.05) is 10.6 Å². The predicted octanol–water partition coefficient (Wildman–Crippen LogP) is 5.23. The zero-order valence-electron chi connectivity index (χ0n) is 13.4. The Balaban J connectivity index is 2.10. The Morgan fingerprint density at radius 2 is 1.72 bits per heavy atom. The number of hydrogen-bond acceptors (Lipinski definition) is 3. The lowest BCUT2D eigenvalue weighted by Gasteiger charge is -2.14. The number of hydrogen-bond donors (Lipinski definition) is 2. The number of nitrogens with one attached hydrogen (secondary N) is 2. The number of anilines is 1. The third kappa shape index (κ3) is 5.17. The molecule has 2 aromatic carbocycles. The molecule has 2 rings (SSSR count). The Hall–Kier alpha value is -2.12. The number of urea groups is 1. The van der Waals surface area contributed by atoms with Gasteiger partial charge in [0.1, 0.15) is 0 Å². The van der Waals surface area contributed by atoms with E-state index in [1.54, 1.807) is 44.2 Å². The largest absolute Gasteiger partial charge is 0.326 e. The van der Waals surface area contributed by atoms with Crippen LogP contribution in [0.2, 0.25) is 5.02 Å². The zero-order valence-corrected chi connectivity index (χ0v) is 15.0. The third-order valence-electron chi connectivity index (χ3n) is 3.32. The van der Waals surface area contributed by atoms with Crippen LogP contribution >= 0.6 is 23.4 Å². The van der Waals surface area contributed by atoms with Crippen LogP contribution in [0.1, 0.15) is 21.5 Å². The van der Waals surface area contributed by atoms with E-state index in [-0.39, 0.29) is 10.6 Å². The molecule has 0 saturated heterocycles. The van der Waals surface area contributed by atoms with Crippen LogP contribution in [0.15, 0.2) is 41.3 Å². The quantitative estimate of drug-likeness (QED) is 0.709. The number of carbonyl (C=O) groups excluding carboxylic acids is 2. The second-order valence-corrected chi connectivity index (χ2v) is 6.67. The first kappa shape index (κ1) is 19.2. The van der Waals surface area contributed by atoms with Gasteiger partial charge in [-0.3, -0.25) is 10.1 Å². The summed E-state index contributed by atoms with van der Waals surface area (Å²) in [4.78, 5) is 24.5. The maximum atomic E-state index is 12.5. The minimum Gasteiger partial charge on any atom is -0.307 e. The van der Waals surface area contributed by atoms with E-state index in [0.717, 1.165) is 0 Å². The minimum absolute atomic E-state index is 0.177. The van der Waals surface area contributed by atoms with E-state index in [2.05, 4.69) is 10.6 Å². The normalized spacial score (nSPS) is 10.6. The van der Waals surface area contributed by atoms with Crippen LogP contribution in [0.3, 0.4) is 0 Å². The summed E-state index contributed by atoms with van der Waals surface area (Å²) in [7, 11) is 0. The molecule has 0 spiro atoms. The topological polar surface area (TPSA) is 58.2 Å². The van der Waals surface area contributed by atoms with Gasteiger partial charge in [0.05, 0.1) is 10.6 Å². The summed E-state index contributed by atoms with van der Waals surface area (Å²) >= 11 is 6.35. The smallest absolute Gasteiger partial charge is 0.307 e. The molecule has 0 saturated carbocycles. The van der Waals surface area contributed by atoms with Gasteiger partial charge >= 0.3 is 6.03 Å². The van der Waals surface area contributed by atoms with Gasteiger partial charge in [0.25, 0.3) is 11.7 Å². The summed E-state index contributed by atoms with van der Waals surface area (Å²) in [5.41, 5.74) is 1.87. The molecule has 3 amide bonds. The Labute approximate surface area is 152 Å². The van der Waals surface area contributed by atoms with Crippen molar-refractivity contribution in [3.63, 3.8) is 0 Å². The molecular formula is C17H15ClF2N2O2S. The molecule has 0 atom stereocenters. The molecular weight excluding hydrogens is 370 g/mol. The standard InChI is InChI=1S/C17H15ClF2N2O2S/c1-9-7-11(25-16(19)20)8-10(2)14(9)21-17(24)22-15(23)12-5-3-4-6-13(12)18/h3-8,16H,1-2H3,(H2,21,22,23,24). The Morgan fingerprint density at radius 1 is 1.12 bits per heavy atom. The Kier molecular flexibility index (Phi) is 6.39. The minimum atomic E-state index is -2.52. The number of alkyl halides is 2. The van der Waals surface area contributed by atoms with Crippen molar-refractivity contribution in [3.05, 3.63) is 58.1 Å². The summed E-state index contributed by atoms with van der Waals surface area (Å²) in [6.45, 7) is 3.38. The van der Waals surface area contributed by atoms with Crippen molar-refractivity contribution >= 4 is 41.0 Å². The van der Waals surface area contributed by atoms with E-state index in [1.807, 2.05) is 0 Å². The second kappa shape index (κ2) is 8.31. The van der Waals surface area contributed by atoms with Crippen molar-refractivity contribution in [1.82, 2.24) is 5.32 Å². The van der Waals surface area contributed by atoms with E-state index in [4.69, 9.17) is 11.6 Å². The number of thioether (sulfide) groups is 1. The second-order valence-electron chi connectivity index (χ2n) is 5.20. The molecule has 0 aliphatic carbocycles. The number of aryl methyl sites for hydroxylation is 2. The SMILES string of the molecule is Cc1cc(SC(F)F)cc(C)c1NC(=O)NC(=O)c1ccccc1Cl. The zero-order chi connectivity index (χ0) is 18.6. The molecule has 0 aliphatic rings. The summed E-state index contributed by atoms with van der Waals surface area (Å²) in [5, 5.41) is 4.99. The molecule has 0 aromatic heterocycles. The van der Waals surface area contributed by atoms with Crippen LogP contribution in [0.4, 0.5) is 19.3 Å². The van der Waals surface area contributed by atoms with Crippen LogP contribution in [-0.4, -0.2) is 17.7 Å². The molecule has 2 aromatic rings. The number of halogens is 3. The van der Waals surface area contributed by atoms with Crippen LogP contribution < -0.4 is 10.6 Å². The number of amides is 3. The molecule has 4 nitrogen and oxygen atoms in total. The molecule has 0 fully saturated rings.